The van der Waals surface area contributed by atoms with Gasteiger partial charge in [0.1, 0.15) is 0 Å². The van der Waals surface area contributed by atoms with Gasteiger partial charge in [-0.15, -0.1) is 0 Å². The molecule has 0 unspecified atom stereocenters. The highest BCUT2D eigenvalue weighted by Crippen LogP contribution is 2.25. The van der Waals surface area contributed by atoms with Crippen molar-refractivity contribution in [3.8, 4) is 11.3 Å². The molecule has 29 heavy (non-hydrogen) atoms. The lowest BCUT2D eigenvalue weighted by molar-refractivity contribution is 0.102. The summed E-state index contributed by atoms with van der Waals surface area (Å²) in [6.07, 6.45) is 6.94. The molecule has 0 aliphatic heterocycles. The molecular formula is C22H22N6O. The van der Waals surface area contributed by atoms with E-state index in [-0.39, 0.29) is 5.91 Å². The maximum atomic E-state index is 13.1. The lowest BCUT2D eigenvalue weighted by Crippen LogP contribution is -2.18. The van der Waals surface area contributed by atoms with E-state index < -0.39 is 0 Å². The third kappa shape index (κ3) is 4.30. The number of fused-ring (bicyclic) bond motifs is 1. The highest BCUT2D eigenvalue weighted by molar-refractivity contribution is 6.13. The van der Waals surface area contributed by atoms with Gasteiger partial charge in [-0.2, -0.15) is 5.10 Å². The number of benzene rings is 1. The van der Waals surface area contributed by atoms with Gasteiger partial charge in [-0.1, -0.05) is 18.2 Å². The first-order valence-corrected chi connectivity index (χ1v) is 9.39. The van der Waals surface area contributed by atoms with Crippen LogP contribution in [0.15, 0.2) is 67.3 Å². The summed E-state index contributed by atoms with van der Waals surface area (Å²) in [4.78, 5) is 23.9. The Morgan fingerprint density at radius 2 is 1.93 bits per heavy atom. The number of carbonyl (C=O) groups excluding carboxylic acids is 1. The minimum Gasteiger partial charge on any atom is -0.319 e. The largest absolute Gasteiger partial charge is 0.319 e. The van der Waals surface area contributed by atoms with Crippen LogP contribution < -0.4 is 5.32 Å². The van der Waals surface area contributed by atoms with E-state index in [0.717, 1.165) is 35.2 Å². The maximum Gasteiger partial charge on any atom is 0.256 e. The van der Waals surface area contributed by atoms with Crippen molar-refractivity contribution < 1.29 is 4.79 Å². The Morgan fingerprint density at radius 3 is 2.72 bits per heavy atom. The van der Waals surface area contributed by atoms with Gasteiger partial charge in [0.05, 0.1) is 35.2 Å². The minimum absolute atomic E-state index is 0.189. The summed E-state index contributed by atoms with van der Waals surface area (Å²) in [5, 5.41) is 8.09. The molecule has 0 radical (unpaired) electrons. The van der Waals surface area contributed by atoms with Crippen molar-refractivity contribution >= 4 is 22.5 Å². The van der Waals surface area contributed by atoms with E-state index in [9.17, 15) is 4.79 Å². The molecule has 3 heterocycles. The van der Waals surface area contributed by atoms with Crippen LogP contribution in [-0.2, 0) is 6.54 Å². The predicted molar refractivity (Wildman–Crippen MR) is 114 cm³/mol. The van der Waals surface area contributed by atoms with Gasteiger partial charge in [0, 0.05) is 36.1 Å². The number of carbonyl (C=O) groups is 1. The predicted octanol–water partition coefficient (Wildman–Crippen LogP) is 3.31. The quantitative estimate of drug-likeness (QED) is 0.550. The number of pyridine rings is 2. The molecule has 0 bridgehead atoms. The van der Waals surface area contributed by atoms with Crippen LogP contribution in [0.3, 0.4) is 0 Å². The number of nitrogens with one attached hydrogen (secondary N) is 1. The number of aromatic nitrogens is 4. The number of nitrogens with zero attached hydrogens (tertiary/aromatic N) is 5. The number of hydrogen-bond acceptors (Lipinski definition) is 5. The SMILES string of the molecule is CN(C)CCn1cc(NC(=O)c2cc(-c3ccncc3)nc3ccccc23)cn1. The topological polar surface area (TPSA) is 75.9 Å². The monoisotopic (exact) mass is 386 g/mol. The molecule has 0 spiro atoms. The van der Waals surface area contributed by atoms with Crippen molar-refractivity contribution in [2.45, 2.75) is 6.54 Å². The number of para-hydroxylation sites is 1. The van der Waals surface area contributed by atoms with Crippen LogP contribution in [0.25, 0.3) is 22.2 Å². The maximum absolute atomic E-state index is 13.1. The second-order valence-corrected chi connectivity index (χ2v) is 7.06. The van der Waals surface area contributed by atoms with Gasteiger partial charge in [-0.25, -0.2) is 4.98 Å². The molecular weight excluding hydrogens is 364 g/mol. The average Bonchev–Trinajstić information content (AvgIpc) is 3.19. The number of rotatable bonds is 6. The summed E-state index contributed by atoms with van der Waals surface area (Å²) >= 11 is 0. The lowest BCUT2D eigenvalue weighted by Gasteiger charge is -2.10. The fraction of sp³-hybridized carbons (Fsp3) is 0.182. The molecule has 0 saturated heterocycles. The molecule has 1 amide bonds. The van der Waals surface area contributed by atoms with Crippen LogP contribution >= 0.6 is 0 Å². The first kappa shape index (κ1) is 18.8. The number of amides is 1. The molecule has 3 aromatic heterocycles. The van der Waals surface area contributed by atoms with Gasteiger partial charge in [0.15, 0.2) is 0 Å². The standard InChI is InChI=1S/C22H22N6O/c1-27(2)11-12-28-15-17(14-24-28)25-22(29)19-13-21(16-7-9-23-10-8-16)26-20-6-4-3-5-18(19)20/h3-10,13-15H,11-12H2,1-2H3,(H,25,29). The van der Waals surface area contributed by atoms with Crippen LogP contribution in [0.4, 0.5) is 5.69 Å². The Labute approximate surface area is 169 Å². The van der Waals surface area contributed by atoms with Gasteiger partial charge in [0.2, 0.25) is 0 Å². The Balaban J connectivity index is 1.65. The summed E-state index contributed by atoms with van der Waals surface area (Å²) in [6, 6.07) is 13.2. The van der Waals surface area contributed by atoms with E-state index >= 15 is 0 Å². The third-order valence-electron chi connectivity index (χ3n) is 4.60. The third-order valence-corrected chi connectivity index (χ3v) is 4.60. The molecule has 0 aliphatic carbocycles. The summed E-state index contributed by atoms with van der Waals surface area (Å²) in [7, 11) is 4.03. The van der Waals surface area contributed by atoms with Gasteiger partial charge in [0.25, 0.3) is 5.91 Å². The second kappa shape index (κ2) is 8.20. The zero-order valence-electron chi connectivity index (χ0n) is 16.4. The number of hydrogen-bond donors (Lipinski definition) is 1. The fourth-order valence-electron chi connectivity index (χ4n) is 3.09. The number of anilines is 1. The summed E-state index contributed by atoms with van der Waals surface area (Å²) in [6.45, 7) is 1.63. The molecule has 1 N–H and O–H groups in total. The van der Waals surface area contributed by atoms with Crippen LogP contribution in [0.5, 0.6) is 0 Å². The number of likely N-dealkylation sites (N-methyl/N-ethyl adjacent to an activating group) is 1. The van der Waals surface area contributed by atoms with E-state index in [0.29, 0.717) is 11.3 Å². The smallest absolute Gasteiger partial charge is 0.256 e. The molecule has 4 aromatic rings. The van der Waals surface area contributed by atoms with E-state index in [1.807, 2.05) is 67.4 Å². The molecule has 146 valence electrons. The van der Waals surface area contributed by atoms with Gasteiger partial charge >= 0.3 is 0 Å². The van der Waals surface area contributed by atoms with Gasteiger partial charge in [-0.05, 0) is 38.4 Å². The average molecular weight is 386 g/mol. The second-order valence-electron chi connectivity index (χ2n) is 7.06. The lowest BCUT2D eigenvalue weighted by atomic mass is 10.0. The highest BCUT2D eigenvalue weighted by Gasteiger charge is 2.15. The van der Waals surface area contributed by atoms with E-state index in [1.165, 1.54) is 0 Å². The molecule has 0 saturated carbocycles. The molecule has 7 nitrogen and oxygen atoms in total. The van der Waals surface area contributed by atoms with Crippen molar-refractivity contribution in [2.75, 3.05) is 26.0 Å². The van der Waals surface area contributed by atoms with Crippen molar-refractivity contribution in [3.05, 3.63) is 72.8 Å². The fourth-order valence-corrected chi connectivity index (χ4v) is 3.09. The van der Waals surface area contributed by atoms with E-state index in [4.69, 9.17) is 4.98 Å². The molecule has 0 atom stereocenters. The Morgan fingerprint density at radius 1 is 1.14 bits per heavy atom. The first-order valence-electron chi connectivity index (χ1n) is 9.39. The van der Waals surface area contributed by atoms with Crippen molar-refractivity contribution in [3.63, 3.8) is 0 Å². The van der Waals surface area contributed by atoms with Gasteiger partial charge < -0.3 is 10.2 Å². The molecule has 1 aromatic carbocycles. The molecule has 0 fully saturated rings. The van der Waals surface area contributed by atoms with Crippen molar-refractivity contribution in [2.24, 2.45) is 0 Å². The summed E-state index contributed by atoms with van der Waals surface area (Å²) < 4.78 is 1.82. The normalized spacial score (nSPS) is 11.1. The Kier molecular flexibility index (Phi) is 5.31. The highest BCUT2D eigenvalue weighted by atomic mass is 16.1. The van der Waals surface area contributed by atoms with Crippen LogP contribution in [0.1, 0.15) is 10.4 Å². The van der Waals surface area contributed by atoms with Crippen LogP contribution in [0, 0.1) is 0 Å². The summed E-state index contributed by atoms with van der Waals surface area (Å²) in [5.41, 5.74) is 3.66. The molecule has 7 heteroatoms. The summed E-state index contributed by atoms with van der Waals surface area (Å²) in [5.74, 6) is -0.189. The van der Waals surface area contributed by atoms with Gasteiger partial charge in [-0.3, -0.25) is 14.5 Å². The van der Waals surface area contributed by atoms with Crippen LogP contribution in [0.2, 0.25) is 0 Å². The Bertz CT molecular complexity index is 1140. The first-order chi connectivity index (χ1) is 14.1. The van der Waals surface area contributed by atoms with Crippen LogP contribution in [-0.4, -0.2) is 51.2 Å². The van der Waals surface area contributed by atoms with E-state index in [2.05, 4.69) is 20.3 Å². The van der Waals surface area contributed by atoms with Crippen molar-refractivity contribution in [1.82, 2.24) is 24.6 Å². The zero-order chi connectivity index (χ0) is 20.2. The molecule has 0 aliphatic rings. The van der Waals surface area contributed by atoms with Crippen molar-refractivity contribution in [1.29, 1.82) is 0 Å². The zero-order valence-corrected chi connectivity index (χ0v) is 16.4. The van der Waals surface area contributed by atoms with E-state index in [1.54, 1.807) is 18.6 Å². The Hall–Kier alpha value is -3.58. The molecule has 4 rings (SSSR count). The minimum atomic E-state index is -0.189.